The summed E-state index contributed by atoms with van der Waals surface area (Å²) in [6.45, 7) is 0.331. The van der Waals surface area contributed by atoms with Crippen LogP contribution in [0.2, 0.25) is 0 Å². The van der Waals surface area contributed by atoms with Gasteiger partial charge in [-0.1, -0.05) is 15.9 Å². The molecule has 5 nitrogen and oxygen atoms in total. The molecule has 0 N–H and O–H groups in total. The Morgan fingerprint density at radius 3 is 2.62 bits per heavy atom. The van der Waals surface area contributed by atoms with Crippen LogP contribution < -0.4 is 9.47 Å². The van der Waals surface area contributed by atoms with Crippen LogP contribution >= 0.6 is 43.2 Å². The average Bonchev–Trinajstić information content (AvgIpc) is 2.89. The first-order valence-corrected chi connectivity index (χ1v) is 8.61. The predicted octanol–water partition coefficient (Wildman–Crippen LogP) is 4.90. The van der Waals surface area contributed by atoms with Crippen molar-refractivity contribution in [3.63, 3.8) is 0 Å². The Balaban J connectivity index is 2.28. The first kappa shape index (κ1) is 16.3. The molecule has 1 aromatic carbocycles. The molecule has 0 bridgehead atoms. The van der Waals surface area contributed by atoms with Gasteiger partial charge in [0.15, 0.2) is 11.5 Å². The molecule has 21 heavy (non-hydrogen) atoms. The molecule has 0 aliphatic heterocycles. The van der Waals surface area contributed by atoms with Crippen LogP contribution in [0.25, 0.3) is 0 Å². The number of alkyl halides is 1. The summed E-state index contributed by atoms with van der Waals surface area (Å²) in [4.78, 5) is 11.7. The zero-order valence-electron chi connectivity index (χ0n) is 11.0. The highest BCUT2D eigenvalue weighted by Crippen LogP contribution is 2.36. The summed E-state index contributed by atoms with van der Waals surface area (Å²) in [5.41, 5.74) is 0.554. The maximum Gasteiger partial charge on any atom is 0.277 e. The van der Waals surface area contributed by atoms with Gasteiger partial charge in [-0.05, 0) is 28.1 Å². The van der Waals surface area contributed by atoms with Gasteiger partial charge in [0.25, 0.3) is 5.69 Å². The van der Waals surface area contributed by atoms with Crippen LogP contribution in [-0.2, 0) is 11.9 Å². The van der Waals surface area contributed by atoms with Crippen molar-refractivity contribution >= 4 is 48.9 Å². The molecule has 0 spiro atoms. The maximum absolute atomic E-state index is 11.1. The summed E-state index contributed by atoms with van der Waals surface area (Å²) in [5.74, 6) is 0.837. The second-order valence-electron chi connectivity index (χ2n) is 4.04. The Morgan fingerprint density at radius 1 is 1.33 bits per heavy atom. The maximum atomic E-state index is 11.1. The minimum absolute atomic E-state index is 0.00929. The molecule has 0 aliphatic carbocycles. The molecule has 0 radical (unpaired) electrons. The largest absolute Gasteiger partial charge is 0.493 e. The molecule has 0 atom stereocenters. The van der Waals surface area contributed by atoms with Gasteiger partial charge in [-0.2, -0.15) is 0 Å². The van der Waals surface area contributed by atoms with E-state index >= 15 is 0 Å². The molecule has 2 rings (SSSR count). The second-order valence-corrected chi connectivity index (χ2v) is 6.51. The zero-order valence-corrected chi connectivity index (χ0v) is 15.0. The van der Waals surface area contributed by atoms with E-state index in [4.69, 9.17) is 9.47 Å². The minimum atomic E-state index is -0.426. The van der Waals surface area contributed by atoms with E-state index in [1.165, 1.54) is 13.2 Å². The van der Waals surface area contributed by atoms with E-state index in [2.05, 4.69) is 31.9 Å². The van der Waals surface area contributed by atoms with Gasteiger partial charge in [0.1, 0.15) is 6.61 Å². The number of nitro groups is 1. The smallest absolute Gasteiger partial charge is 0.277 e. The van der Waals surface area contributed by atoms with E-state index in [0.717, 1.165) is 9.35 Å². The minimum Gasteiger partial charge on any atom is -0.493 e. The van der Waals surface area contributed by atoms with Gasteiger partial charge in [0.2, 0.25) is 0 Å². The van der Waals surface area contributed by atoms with Gasteiger partial charge in [-0.3, -0.25) is 10.1 Å². The Kier molecular flexibility index (Phi) is 5.60. The van der Waals surface area contributed by atoms with E-state index < -0.39 is 4.92 Å². The van der Waals surface area contributed by atoms with Crippen LogP contribution in [0, 0.1) is 10.1 Å². The molecule has 1 aromatic heterocycles. The van der Waals surface area contributed by atoms with Crippen LogP contribution in [0.3, 0.4) is 0 Å². The fraction of sp³-hybridized carbons (Fsp3) is 0.231. The van der Waals surface area contributed by atoms with Crippen molar-refractivity contribution in [2.24, 2.45) is 0 Å². The fourth-order valence-corrected chi connectivity index (χ4v) is 3.53. The molecular formula is C13H11Br2NO4S. The summed E-state index contributed by atoms with van der Waals surface area (Å²) >= 11 is 8.16. The lowest BCUT2D eigenvalue weighted by Gasteiger charge is -2.11. The van der Waals surface area contributed by atoms with E-state index in [1.54, 1.807) is 17.4 Å². The van der Waals surface area contributed by atoms with Crippen LogP contribution in [0.1, 0.15) is 10.4 Å². The van der Waals surface area contributed by atoms with Crippen molar-refractivity contribution in [2.75, 3.05) is 7.11 Å². The molecule has 112 valence electrons. The van der Waals surface area contributed by atoms with Gasteiger partial charge in [-0.15, -0.1) is 11.3 Å². The molecule has 0 aliphatic rings. The highest BCUT2D eigenvalue weighted by atomic mass is 79.9. The Labute approximate surface area is 142 Å². The van der Waals surface area contributed by atoms with Crippen LogP contribution in [0.4, 0.5) is 5.69 Å². The summed E-state index contributed by atoms with van der Waals surface area (Å²) < 4.78 is 11.9. The molecule has 0 unspecified atom stereocenters. The quantitative estimate of drug-likeness (QED) is 0.367. The average molecular weight is 437 g/mol. The summed E-state index contributed by atoms with van der Waals surface area (Å²) in [6, 6.07) is 4.96. The molecular weight excluding hydrogens is 426 g/mol. The van der Waals surface area contributed by atoms with Gasteiger partial charge in [0, 0.05) is 25.6 Å². The third kappa shape index (κ3) is 3.96. The molecule has 1 heterocycles. The molecule has 0 amide bonds. The van der Waals surface area contributed by atoms with E-state index in [-0.39, 0.29) is 5.69 Å². The number of hydrogen-bond acceptors (Lipinski definition) is 5. The van der Waals surface area contributed by atoms with Crippen molar-refractivity contribution in [1.29, 1.82) is 0 Å². The van der Waals surface area contributed by atoms with Gasteiger partial charge in [-0.25, -0.2) is 0 Å². The van der Waals surface area contributed by atoms with E-state index in [0.29, 0.717) is 29.0 Å². The van der Waals surface area contributed by atoms with Crippen molar-refractivity contribution in [3.8, 4) is 11.5 Å². The van der Waals surface area contributed by atoms with Gasteiger partial charge >= 0.3 is 0 Å². The number of thiophene rings is 1. The van der Waals surface area contributed by atoms with E-state index in [1.807, 2.05) is 11.4 Å². The molecule has 0 saturated heterocycles. The lowest BCUT2D eigenvalue weighted by atomic mass is 10.2. The number of ether oxygens (including phenoxy) is 2. The summed E-state index contributed by atoms with van der Waals surface area (Å²) in [5, 5.41) is 13.4. The lowest BCUT2D eigenvalue weighted by molar-refractivity contribution is -0.385. The number of nitro benzene ring substituents is 1. The molecule has 8 heteroatoms. The fourth-order valence-electron chi connectivity index (χ4n) is 1.72. The Bertz CT molecular complexity index is 660. The van der Waals surface area contributed by atoms with Crippen LogP contribution in [0.5, 0.6) is 11.5 Å². The van der Waals surface area contributed by atoms with Gasteiger partial charge < -0.3 is 9.47 Å². The standard InChI is InChI=1S/C13H11Br2NO4S/c1-19-12-2-8(5-14)11(16(17)18)4-13(12)20-6-10-3-9(15)7-21-10/h2-4,7H,5-6H2,1H3. The number of methoxy groups -OCH3 is 1. The first-order valence-electron chi connectivity index (χ1n) is 5.82. The number of benzene rings is 1. The highest BCUT2D eigenvalue weighted by molar-refractivity contribution is 9.10. The summed E-state index contributed by atoms with van der Waals surface area (Å²) in [6.07, 6.45) is 0. The SMILES string of the molecule is COc1cc(CBr)c([N+](=O)[O-])cc1OCc1cc(Br)cs1. The van der Waals surface area contributed by atoms with Crippen molar-refractivity contribution in [2.45, 2.75) is 11.9 Å². The predicted molar refractivity (Wildman–Crippen MR) is 88.6 cm³/mol. The molecule has 0 fully saturated rings. The normalized spacial score (nSPS) is 10.4. The summed E-state index contributed by atoms with van der Waals surface area (Å²) in [7, 11) is 1.51. The third-order valence-corrected chi connectivity index (χ3v) is 4.97. The van der Waals surface area contributed by atoms with Crippen molar-refractivity contribution in [1.82, 2.24) is 0 Å². The topological polar surface area (TPSA) is 61.6 Å². The van der Waals surface area contributed by atoms with Crippen molar-refractivity contribution in [3.05, 3.63) is 48.6 Å². The number of hydrogen-bond donors (Lipinski definition) is 0. The van der Waals surface area contributed by atoms with Crippen LogP contribution in [-0.4, -0.2) is 12.0 Å². The molecule has 0 saturated carbocycles. The van der Waals surface area contributed by atoms with Gasteiger partial charge in [0.05, 0.1) is 18.1 Å². The number of nitrogens with zero attached hydrogens (tertiary/aromatic N) is 1. The number of halogens is 2. The highest BCUT2D eigenvalue weighted by Gasteiger charge is 2.19. The monoisotopic (exact) mass is 435 g/mol. The zero-order chi connectivity index (χ0) is 15.4. The van der Waals surface area contributed by atoms with Crippen molar-refractivity contribution < 1.29 is 14.4 Å². The first-order chi connectivity index (χ1) is 10.0. The second kappa shape index (κ2) is 7.24. The Hall–Kier alpha value is -1.12. The lowest BCUT2D eigenvalue weighted by Crippen LogP contribution is -2.00. The van der Waals surface area contributed by atoms with E-state index in [9.17, 15) is 10.1 Å². The molecule has 2 aromatic rings. The number of rotatable bonds is 6. The third-order valence-electron chi connectivity index (χ3n) is 2.70. The van der Waals surface area contributed by atoms with Crippen LogP contribution in [0.15, 0.2) is 28.1 Å². The Morgan fingerprint density at radius 2 is 2.10 bits per heavy atom.